The van der Waals surface area contributed by atoms with Crippen LogP contribution in [-0.2, 0) is 23.9 Å². The van der Waals surface area contributed by atoms with E-state index in [1.54, 1.807) is 30.0 Å². The summed E-state index contributed by atoms with van der Waals surface area (Å²) in [7, 11) is -4.00. The Morgan fingerprint density at radius 1 is 1.09 bits per heavy atom. The highest BCUT2D eigenvalue weighted by Gasteiger charge is 2.61. The molecule has 1 heterocycles. The number of unbranched alkanes of at least 4 members (excludes halogenated alkanes) is 1. The van der Waals surface area contributed by atoms with E-state index in [1.165, 1.54) is 12.1 Å². The summed E-state index contributed by atoms with van der Waals surface area (Å²) in [6.45, 7) is 5.28. The highest BCUT2D eigenvalue weighted by atomic mass is 32.2. The van der Waals surface area contributed by atoms with E-state index in [1.807, 2.05) is 44.2 Å². The van der Waals surface area contributed by atoms with E-state index in [0.29, 0.717) is 6.42 Å². The van der Waals surface area contributed by atoms with Crippen molar-refractivity contribution in [2.24, 2.45) is 11.3 Å². The van der Waals surface area contributed by atoms with Gasteiger partial charge in [-0.25, -0.2) is 0 Å². The van der Waals surface area contributed by atoms with Gasteiger partial charge in [0.05, 0.1) is 28.9 Å². The third-order valence-corrected chi connectivity index (χ3v) is 8.30. The summed E-state index contributed by atoms with van der Waals surface area (Å²) in [6, 6.07) is 16.5. The van der Waals surface area contributed by atoms with E-state index in [2.05, 4.69) is 0 Å². The van der Waals surface area contributed by atoms with Crippen molar-refractivity contribution in [3.05, 3.63) is 66.2 Å². The number of carbonyl (C=O) groups is 2. The van der Waals surface area contributed by atoms with E-state index in [0.717, 1.165) is 18.4 Å². The second kappa shape index (κ2) is 10.7. The van der Waals surface area contributed by atoms with E-state index < -0.39 is 33.5 Å². The number of hydrogen-bond donors (Lipinski definition) is 1. The number of hydrogen-bond acceptors (Lipinski definition) is 5. The molecule has 8 heteroatoms. The molecule has 3 rings (SSSR count). The lowest BCUT2D eigenvalue weighted by Gasteiger charge is -2.36. The van der Waals surface area contributed by atoms with Gasteiger partial charge in [-0.2, -0.15) is 8.42 Å². The first-order valence-corrected chi connectivity index (χ1v) is 13.1. The molecule has 2 aromatic carbocycles. The molecule has 0 aliphatic carbocycles. The monoisotopic (exact) mass is 487 g/mol. The van der Waals surface area contributed by atoms with Gasteiger partial charge in [0.25, 0.3) is 10.1 Å². The summed E-state index contributed by atoms with van der Waals surface area (Å²) in [6.07, 6.45) is 2.21. The maximum atomic E-state index is 13.7. The van der Waals surface area contributed by atoms with Gasteiger partial charge in [-0.05, 0) is 44.4 Å². The largest absolute Gasteiger partial charge is 0.481 e. The van der Waals surface area contributed by atoms with Crippen molar-refractivity contribution in [3.63, 3.8) is 0 Å². The average Bonchev–Trinajstić information content (AvgIpc) is 3.05. The molecule has 0 radical (unpaired) electrons. The van der Waals surface area contributed by atoms with Crippen molar-refractivity contribution in [1.29, 1.82) is 0 Å². The van der Waals surface area contributed by atoms with Gasteiger partial charge in [0, 0.05) is 6.04 Å². The Bertz CT molecular complexity index is 1090. The predicted octanol–water partition coefficient (Wildman–Crippen LogP) is 4.65. The van der Waals surface area contributed by atoms with Gasteiger partial charge in [-0.3, -0.25) is 13.8 Å². The summed E-state index contributed by atoms with van der Waals surface area (Å²) in [5, 5.41) is 10.3. The Labute approximate surface area is 201 Å². The second-order valence-corrected chi connectivity index (χ2v) is 10.6. The fraction of sp³-hybridized carbons (Fsp3) is 0.462. The molecule has 0 spiro atoms. The van der Waals surface area contributed by atoms with Gasteiger partial charge in [0.15, 0.2) is 0 Å². The second-order valence-electron chi connectivity index (χ2n) is 9.01. The molecule has 2 unspecified atom stereocenters. The summed E-state index contributed by atoms with van der Waals surface area (Å²) in [4.78, 5) is 28.0. The summed E-state index contributed by atoms with van der Waals surface area (Å²) in [5.41, 5.74) is -0.441. The van der Waals surface area contributed by atoms with Crippen LogP contribution in [0.25, 0.3) is 0 Å². The van der Waals surface area contributed by atoms with Crippen LogP contribution in [0, 0.1) is 11.3 Å². The number of rotatable bonds is 11. The van der Waals surface area contributed by atoms with Crippen molar-refractivity contribution >= 4 is 22.0 Å². The maximum Gasteiger partial charge on any atom is 0.312 e. The van der Waals surface area contributed by atoms with Crippen molar-refractivity contribution in [2.75, 3.05) is 6.61 Å². The Morgan fingerprint density at radius 3 is 2.24 bits per heavy atom. The zero-order valence-electron chi connectivity index (χ0n) is 19.9. The molecule has 0 saturated carbocycles. The molecule has 1 saturated heterocycles. The van der Waals surface area contributed by atoms with Crippen molar-refractivity contribution in [3.8, 4) is 0 Å². The number of carbonyl (C=O) groups excluding carboxylic acids is 1. The van der Waals surface area contributed by atoms with Crippen LogP contribution in [0.1, 0.15) is 58.1 Å². The van der Waals surface area contributed by atoms with Crippen LogP contribution in [0.2, 0.25) is 0 Å². The fourth-order valence-electron chi connectivity index (χ4n) is 4.95. The van der Waals surface area contributed by atoms with Crippen molar-refractivity contribution in [1.82, 2.24) is 4.90 Å². The highest BCUT2D eigenvalue weighted by Crippen LogP contribution is 2.49. The quantitative estimate of drug-likeness (QED) is 0.463. The molecule has 4 atom stereocenters. The molecule has 1 aliphatic heterocycles. The highest BCUT2D eigenvalue weighted by molar-refractivity contribution is 7.86. The van der Waals surface area contributed by atoms with Gasteiger partial charge in [0.2, 0.25) is 5.91 Å². The number of carboxylic acid groups (broad SMARTS) is 1. The molecule has 1 N–H and O–H groups in total. The molecule has 0 bridgehead atoms. The van der Waals surface area contributed by atoms with Crippen molar-refractivity contribution in [2.45, 2.75) is 63.4 Å². The van der Waals surface area contributed by atoms with Gasteiger partial charge in [0.1, 0.15) is 0 Å². The zero-order chi connectivity index (χ0) is 24.9. The molecule has 1 fully saturated rings. The van der Waals surface area contributed by atoms with Gasteiger partial charge < -0.3 is 10.0 Å². The Balaban J connectivity index is 1.89. The van der Waals surface area contributed by atoms with Crippen LogP contribution in [0.4, 0.5) is 0 Å². The number of benzene rings is 2. The molecule has 1 amide bonds. The van der Waals surface area contributed by atoms with Gasteiger partial charge in [-0.1, -0.05) is 68.3 Å². The summed E-state index contributed by atoms with van der Waals surface area (Å²) >= 11 is 0. The van der Waals surface area contributed by atoms with E-state index in [9.17, 15) is 23.1 Å². The minimum atomic E-state index is -4.00. The lowest BCUT2D eigenvalue weighted by atomic mass is 9.72. The van der Waals surface area contributed by atoms with E-state index in [-0.39, 0.29) is 29.9 Å². The van der Waals surface area contributed by atoms with Gasteiger partial charge in [-0.15, -0.1) is 0 Å². The van der Waals surface area contributed by atoms with Crippen LogP contribution in [0.5, 0.6) is 0 Å². The minimum absolute atomic E-state index is 0.00562. The Kier molecular flexibility index (Phi) is 8.15. The van der Waals surface area contributed by atoms with Gasteiger partial charge >= 0.3 is 5.97 Å². The third-order valence-electron chi connectivity index (χ3n) is 6.97. The number of amides is 1. The number of likely N-dealkylation sites (tertiary alicyclic amines) is 1. The number of aliphatic carboxylic acids is 1. The van der Waals surface area contributed by atoms with E-state index in [4.69, 9.17) is 4.18 Å². The first kappa shape index (κ1) is 25.9. The summed E-state index contributed by atoms with van der Waals surface area (Å²) in [5.74, 6) is -2.23. The normalized spacial score (nSPS) is 23.7. The predicted molar refractivity (Wildman–Crippen MR) is 128 cm³/mol. The molecule has 7 nitrogen and oxygen atoms in total. The lowest BCUT2D eigenvalue weighted by molar-refractivity contribution is -0.153. The van der Waals surface area contributed by atoms with Crippen molar-refractivity contribution < 1.29 is 27.3 Å². The zero-order valence-corrected chi connectivity index (χ0v) is 20.7. The smallest absolute Gasteiger partial charge is 0.312 e. The summed E-state index contributed by atoms with van der Waals surface area (Å²) < 4.78 is 30.2. The molecule has 2 aromatic rings. The number of carboxylic acids is 1. The average molecular weight is 488 g/mol. The molecule has 0 aromatic heterocycles. The first-order valence-electron chi connectivity index (χ1n) is 11.7. The molecule has 1 aliphatic rings. The third kappa shape index (κ3) is 5.03. The minimum Gasteiger partial charge on any atom is -0.481 e. The fourth-order valence-corrected chi connectivity index (χ4v) is 5.89. The lowest BCUT2D eigenvalue weighted by Crippen LogP contribution is -2.45. The first-order chi connectivity index (χ1) is 16.1. The van der Waals surface area contributed by atoms with Crippen LogP contribution in [0.3, 0.4) is 0 Å². The molecule has 184 valence electrons. The Morgan fingerprint density at radius 2 is 1.68 bits per heavy atom. The SMILES string of the molecule is CCCCC1N([C@H](C)c2ccccc2)C(=O)C(CCOS(=O)(=O)c2ccccc2)[C@]1(C)C(=O)O. The topological polar surface area (TPSA) is 101 Å². The standard InChI is InChI=1S/C26H33NO6S/c1-4-5-16-23-26(3,25(29)30)22(17-18-33-34(31,32)21-14-10-7-11-15-21)24(28)27(23)19(2)20-12-8-6-9-13-20/h6-15,19,22-23H,4-5,16-18H2,1-3H3,(H,29,30)/t19-,22?,23?,26+/m1/s1. The molecule has 34 heavy (non-hydrogen) atoms. The number of nitrogens with zero attached hydrogens (tertiary/aromatic N) is 1. The van der Waals surface area contributed by atoms with Crippen LogP contribution in [0.15, 0.2) is 65.6 Å². The van der Waals surface area contributed by atoms with Crippen LogP contribution < -0.4 is 0 Å². The van der Waals surface area contributed by atoms with Crippen LogP contribution >= 0.6 is 0 Å². The van der Waals surface area contributed by atoms with Crippen LogP contribution in [-0.4, -0.2) is 42.9 Å². The Hall–Kier alpha value is -2.71. The molecular formula is C26H33NO6S. The maximum absolute atomic E-state index is 13.7. The van der Waals surface area contributed by atoms with E-state index >= 15 is 0 Å². The molecular weight excluding hydrogens is 454 g/mol.